The van der Waals surface area contributed by atoms with Gasteiger partial charge in [-0.1, -0.05) is 6.07 Å². The molecule has 0 bridgehead atoms. The van der Waals surface area contributed by atoms with Crippen molar-refractivity contribution in [3.63, 3.8) is 0 Å². The molecule has 124 valence electrons. The Morgan fingerprint density at radius 3 is 2.79 bits per heavy atom. The van der Waals surface area contributed by atoms with Crippen LogP contribution in [0.5, 0.6) is 11.6 Å². The average molecular weight is 331 g/mol. The molecule has 2 heterocycles. The number of aromatic nitrogens is 1. The van der Waals surface area contributed by atoms with Crippen LogP contribution in [0.2, 0.25) is 0 Å². The van der Waals surface area contributed by atoms with Crippen LogP contribution in [-0.4, -0.2) is 34.0 Å². The van der Waals surface area contributed by atoms with Crippen molar-refractivity contribution in [1.82, 2.24) is 15.2 Å². The summed E-state index contributed by atoms with van der Waals surface area (Å²) >= 11 is 0. The van der Waals surface area contributed by atoms with Crippen LogP contribution in [0.3, 0.4) is 0 Å². The summed E-state index contributed by atoms with van der Waals surface area (Å²) < 4.78 is 18.4. The maximum Gasteiger partial charge on any atom is 0.271 e. The third-order valence-corrected chi connectivity index (χ3v) is 3.35. The predicted molar refractivity (Wildman–Crippen MR) is 83.6 cm³/mol. The van der Waals surface area contributed by atoms with Crippen LogP contribution in [0.1, 0.15) is 5.56 Å². The molecule has 0 atom stereocenters. The second kappa shape index (κ2) is 6.90. The van der Waals surface area contributed by atoms with Crippen molar-refractivity contribution in [2.45, 2.75) is 6.54 Å². The molecule has 1 aliphatic heterocycles. The Bertz CT molecular complexity index is 749. The number of benzene rings is 1. The smallest absolute Gasteiger partial charge is 0.271 e. The first-order valence-corrected chi connectivity index (χ1v) is 7.20. The molecule has 1 saturated heterocycles. The molecule has 1 aromatic carbocycles. The van der Waals surface area contributed by atoms with Gasteiger partial charge in [0.1, 0.15) is 16.7 Å². The summed E-state index contributed by atoms with van der Waals surface area (Å²) in [6, 6.07) is 9.14. The summed E-state index contributed by atoms with van der Waals surface area (Å²) in [5, 5.41) is 15.9. The molecule has 0 spiro atoms. The van der Waals surface area contributed by atoms with Gasteiger partial charge < -0.3 is 15.0 Å². The Kier molecular flexibility index (Phi) is 4.50. The van der Waals surface area contributed by atoms with E-state index in [-0.39, 0.29) is 11.8 Å². The lowest BCUT2D eigenvalue weighted by molar-refractivity contribution is -0.485. The summed E-state index contributed by atoms with van der Waals surface area (Å²) in [5.74, 6) is 0.772. The third-order valence-electron chi connectivity index (χ3n) is 3.35. The molecule has 0 unspecified atom stereocenters. The van der Waals surface area contributed by atoms with Crippen LogP contribution < -0.4 is 10.1 Å². The molecule has 1 fully saturated rings. The van der Waals surface area contributed by atoms with Gasteiger partial charge in [-0.25, -0.2) is 19.5 Å². The second-order valence-electron chi connectivity index (χ2n) is 5.07. The molecule has 2 aromatic rings. The Morgan fingerprint density at radius 1 is 1.33 bits per heavy atom. The number of hydrogen-bond acceptors (Lipinski definition) is 4. The van der Waals surface area contributed by atoms with Crippen LogP contribution in [0.25, 0.3) is 0 Å². The van der Waals surface area contributed by atoms with E-state index in [0.717, 1.165) is 5.56 Å². The fourth-order valence-electron chi connectivity index (χ4n) is 2.26. The minimum Gasteiger partial charge on any atom is -0.439 e. The largest absolute Gasteiger partial charge is 0.439 e. The van der Waals surface area contributed by atoms with Crippen molar-refractivity contribution in [2.24, 2.45) is 5.10 Å². The van der Waals surface area contributed by atoms with E-state index in [1.807, 2.05) is 6.07 Å². The fourth-order valence-corrected chi connectivity index (χ4v) is 2.26. The number of hydrazone groups is 1. The number of nitro groups is 1. The van der Waals surface area contributed by atoms with Gasteiger partial charge in [0.2, 0.25) is 5.88 Å². The molecule has 0 saturated carbocycles. The molecule has 0 amide bonds. The van der Waals surface area contributed by atoms with E-state index >= 15 is 0 Å². The SMILES string of the molecule is O=[N+]([O-])/N=C1\NCCN1Cc1ccc(Oc2ccc(F)cc2)nc1. The Hall–Kier alpha value is -3.23. The van der Waals surface area contributed by atoms with Gasteiger partial charge in [0.15, 0.2) is 5.03 Å². The Labute approximate surface area is 136 Å². The lowest BCUT2D eigenvalue weighted by Crippen LogP contribution is -2.30. The number of guanidine groups is 1. The number of nitrogens with one attached hydrogen (secondary N) is 1. The molecule has 1 aliphatic rings. The van der Waals surface area contributed by atoms with Gasteiger partial charge in [0, 0.05) is 31.9 Å². The zero-order chi connectivity index (χ0) is 16.9. The zero-order valence-corrected chi connectivity index (χ0v) is 12.6. The maximum absolute atomic E-state index is 12.9. The zero-order valence-electron chi connectivity index (χ0n) is 12.6. The quantitative estimate of drug-likeness (QED) is 0.665. The van der Waals surface area contributed by atoms with Crippen LogP contribution >= 0.6 is 0 Å². The Morgan fingerprint density at radius 2 is 2.12 bits per heavy atom. The highest BCUT2D eigenvalue weighted by atomic mass is 19.1. The first-order chi connectivity index (χ1) is 11.6. The molecule has 1 aromatic heterocycles. The normalized spacial score (nSPS) is 15.4. The summed E-state index contributed by atoms with van der Waals surface area (Å²) in [6.07, 6.45) is 1.63. The molecule has 3 rings (SSSR count). The summed E-state index contributed by atoms with van der Waals surface area (Å²) in [7, 11) is 0. The summed E-state index contributed by atoms with van der Waals surface area (Å²) in [5.41, 5.74) is 0.862. The number of nitrogens with zero attached hydrogens (tertiary/aromatic N) is 4. The van der Waals surface area contributed by atoms with Crippen molar-refractivity contribution < 1.29 is 14.2 Å². The van der Waals surface area contributed by atoms with Gasteiger partial charge in [-0.05, 0) is 29.8 Å². The van der Waals surface area contributed by atoms with Gasteiger partial charge >= 0.3 is 0 Å². The number of ether oxygens (including phenoxy) is 1. The fraction of sp³-hybridized carbons (Fsp3) is 0.200. The molecule has 1 N–H and O–H groups in total. The van der Waals surface area contributed by atoms with Gasteiger partial charge in [0.25, 0.3) is 5.96 Å². The van der Waals surface area contributed by atoms with E-state index in [2.05, 4.69) is 15.4 Å². The van der Waals surface area contributed by atoms with E-state index in [4.69, 9.17) is 4.74 Å². The Balaban J connectivity index is 1.64. The molecule has 0 radical (unpaired) electrons. The molecule has 0 aliphatic carbocycles. The molecule has 9 heteroatoms. The standard InChI is InChI=1S/C15H14FN5O3/c16-12-2-4-13(5-3-12)24-14-6-1-11(9-18-14)10-20-8-7-17-15(20)19-21(22)23/h1-6,9H,7-8,10H2,(H,17,19). The number of hydrogen-bond donors (Lipinski definition) is 1. The van der Waals surface area contributed by atoms with E-state index in [9.17, 15) is 14.5 Å². The maximum atomic E-state index is 12.9. The highest BCUT2D eigenvalue weighted by Crippen LogP contribution is 2.20. The van der Waals surface area contributed by atoms with E-state index < -0.39 is 5.03 Å². The topological polar surface area (TPSA) is 92.9 Å². The third kappa shape index (κ3) is 3.94. The summed E-state index contributed by atoms with van der Waals surface area (Å²) in [6.45, 7) is 1.68. The van der Waals surface area contributed by atoms with Crippen LogP contribution in [0, 0.1) is 15.9 Å². The van der Waals surface area contributed by atoms with Crippen molar-refractivity contribution in [3.05, 3.63) is 64.1 Å². The number of pyridine rings is 1. The van der Waals surface area contributed by atoms with Gasteiger partial charge in [-0.2, -0.15) is 0 Å². The monoisotopic (exact) mass is 331 g/mol. The lowest BCUT2D eigenvalue weighted by Gasteiger charge is -2.15. The van der Waals surface area contributed by atoms with E-state index in [0.29, 0.717) is 31.3 Å². The van der Waals surface area contributed by atoms with Gasteiger partial charge in [0.05, 0.1) is 0 Å². The molecule has 8 nitrogen and oxygen atoms in total. The highest BCUT2D eigenvalue weighted by molar-refractivity contribution is 5.81. The van der Waals surface area contributed by atoms with Crippen molar-refractivity contribution in [2.75, 3.05) is 13.1 Å². The van der Waals surface area contributed by atoms with Crippen LogP contribution in [-0.2, 0) is 6.54 Å². The van der Waals surface area contributed by atoms with Crippen molar-refractivity contribution in [1.29, 1.82) is 0 Å². The number of rotatable bonds is 5. The highest BCUT2D eigenvalue weighted by Gasteiger charge is 2.21. The van der Waals surface area contributed by atoms with Gasteiger partial charge in [-0.3, -0.25) is 0 Å². The predicted octanol–water partition coefficient (Wildman–Crippen LogP) is 1.97. The minimum absolute atomic E-state index is 0.242. The molecular weight excluding hydrogens is 317 g/mol. The lowest BCUT2D eigenvalue weighted by atomic mass is 10.2. The minimum atomic E-state index is -0.724. The molecule has 24 heavy (non-hydrogen) atoms. The molecular formula is C15H14FN5O3. The summed E-state index contributed by atoms with van der Waals surface area (Å²) in [4.78, 5) is 16.4. The van der Waals surface area contributed by atoms with Crippen LogP contribution in [0.4, 0.5) is 4.39 Å². The van der Waals surface area contributed by atoms with Crippen molar-refractivity contribution >= 4 is 5.96 Å². The number of halogens is 1. The first-order valence-electron chi connectivity index (χ1n) is 7.20. The second-order valence-corrected chi connectivity index (χ2v) is 5.07. The average Bonchev–Trinajstić information content (AvgIpc) is 2.98. The van der Waals surface area contributed by atoms with E-state index in [1.165, 1.54) is 24.3 Å². The van der Waals surface area contributed by atoms with Gasteiger partial charge in [-0.15, -0.1) is 0 Å². The van der Waals surface area contributed by atoms with Crippen LogP contribution in [0.15, 0.2) is 47.7 Å². The first kappa shape index (κ1) is 15.7. The van der Waals surface area contributed by atoms with Crippen molar-refractivity contribution in [3.8, 4) is 11.6 Å². The van der Waals surface area contributed by atoms with E-state index in [1.54, 1.807) is 17.2 Å².